The predicted octanol–water partition coefficient (Wildman–Crippen LogP) is 3.04. The standard InChI is InChI=1S/C19H24N4O3/c1-12(2)9-20-19(24)23-10-16(11-23)25-15-7-5-13(6-8-15)17-21-18(26-22-17)14-3-4-14/h5-8,12,14,16H,3-4,9-11H2,1-2H3,(H,20,24). The molecule has 7 nitrogen and oxygen atoms in total. The first-order valence-corrected chi connectivity index (χ1v) is 9.22. The van der Waals surface area contributed by atoms with Crippen molar-refractivity contribution < 1.29 is 14.1 Å². The molecule has 2 aliphatic rings. The van der Waals surface area contributed by atoms with E-state index in [-0.39, 0.29) is 12.1 Å². The van der Waals surface area contributed by atoms with Gasteiger partial charge in [-0.25, -0.2) is 4.79 Å². The van der Waals surface area contributed by atoms with Crippen molar-refractivity contribution >= 4 is 6.03 Å². The maximum atomic E-state index is 11.9. The van der Waals surface area contributed by atoms with Gasteiger partial charge >= 0.3 is 6.03 Å². The molecule has 138 valence electrons. The van der Waals surface area contributed by atoms with E-state index in [0.717, 1.165) is 30.0 Å². The van der Waals surface area contributed by atoms with Crippen LogP contribution in [-0.4, -0.2) is 46.8 Å². The van der Waals surface area contributed by atoms with Crippen molar-refractivity contribution in [1.82, 2.24) is 20.4 Å². The largest absolute Gasteiger partial charge is 0.487 e. The summed E-state index contributed by atoms with van der Waals surface area (Å²) < 4.78 is 11.2. The fraction of sp³-hybridized carbons (Fsp3) is 0.526. The van der Waals surface area contributed by atoms with Crippen LogP contribution in [0.5, 0.6) is 5.75 Å². The van der Waals surface area contributed by atoms with Gasteiger partial charge in [-0.1, -0.05) is 19.0 Å². The summed E-state index contributed by atoms with van der Waals surface area (Å²) in [5.74, 6) is 3.05. The number of ether oxygens (including phenoxy) is 1. The second-order valence-electron chi connectivity index (χ2n) is 7.48. The van der Waals surface area contributed by atoms with E-state index in [1.807, 2.05) is 24.3 Å². The Morgan fingerprint density at radius 1 is 1.31 bits per heavy atom. The lowest BCUT2D eigenvalue weighted by molar-refractivity contribution is 0.0443. The first kappa shape index (κ1) is 16.9. The molecule has 0 unspecified atom stereocenters. The van der Waals surface area contributed by atoms with Gasteiger partial charge in [0, 0.05) is 18.0 Å². The average Bonchev–Trinajstić information content (AvgIpc) is 3.33. The van der Waals surface area contributed by atoms with Gasteiger partial charge in [0.1, 0.15) is 11.9 Å². The van der Waals surface area contributed by atoms with Gasteiger partial charge in [0.2, 0.25) is 11.7 Å². The number of amides is 2. The number of benzene rings is 1. The molecule has 1 aromatic carbocycles. The van der Waals surface area contributed by atoms with Crippen LogP contribution >= 0.6 is 0 Å². The Bertz CT molecular complexity index is 761. The number of carbonyl (C=O) groups is 1. The van der Waals surface area contributed by atoms with E-state index in [4.69, 9.17) is 9.26 Å². The van der Waals surface area contributed by atoms with Crippen molar-refractivity contribution in [2.45, 2.75) is 38.7 Å². The van der Waals surface area contributed by atoms with Crippen molar-refractivity contribution in [3.63, 3.8) is 0 Å². The van der Waals surface area contributed by atoms with E-state index in [0.29, 0.717) is 37.3 Å². The highest BCUT2D eigenvalue weighted by atomic mass is 16.5. The molecule has 1 N–H and O–H groups in total. The average molecular weight is 356 g/mol. The Labute approximate surface area is 152 Å². The third-order valence-corrected chi connectivity index (χ3v) is 4.58. The van der Waals surface area contributed by atoms with Gasteiger partial charge < -0.3 is 19.5 Å². The molecule has 2 amide bonds. The lowest BCUT2D eigenvalue weighted by atomic mass is 10.1. The van der Waals surface area contributed by atoms with Gasteiger partial charge in [0.15, 0.2) is 0 Å². The summed E-state index contributed by atoms with van der Waals surface area (Å²) in [6, 6.07) is 7.66. The third-order valence-electron chi connectivity index (χ3n) is 4.58. The second-order valence-corrected chi connectivity index (χ2v) is 7.48. The fourth-order valence-electron chi connectivity index (χ4n) is 2.81. The molecule has 0 spiro atoms. The number of hydrogen-bond acceptors (Lipinski definition) is 5. The van der Waals surface area contributed by atoms with E-state index in [1.54, 1.807) is 4.90 Å². The Balaban J connectivity index is 1.26. The number of nitrogens with one attached hydrogen (secondary N) is 1. The van der Waals surface area contributed by atoms with Crippen LogP contribution in [0.2, 0.25) is 0 Å². The van der Waals surface area contributed by atoms with Gasteiger partial charge in [-0.3, -0.25) is 0 Å². The van der Waals surface area contributed by atoms with Gasteiger partial charge in [-0.05, 0) is 43.0 Å². The molecular weight excluding hydrogens is 332 g/mol. The minimum absolute atomic E-state index is 0.0162. The first-order valence-electron chi connectivity index (χ1n) is 9.22. The molecule has 1 aliphatic heterocycles. The minimum atomic E-state index is -0.0162. The number of hydrogen-bond donors (Lipinski definition) is 1. The van der Waals surface area contributed by atoms with Crippen molar-refractivity contribution in [1.29, 1.82) is 0 Å². The number of likely N-dealkylation sites (tertiary alicyclic amines) is 1. The summed E-state index contributed by atoms with van der Waals surface area (Å²) in [7, 11) is 0. The molecule has 1 aliphatic carbocycles. The second kappa shape index (κ2) is 6.97. The van der Waals surface area contributed by atoms with Crippen LogP contribution in [0.15, 0.2) is 28.8 Å². The summed E-state index contributed by atoms with van der Waals surface area (Å²) in [4.78, 5) is 18.1. The molecule has 2 heterocycles. The molecule has 1 aromatic heterocycles. The highest BCUT2D eigenvalue weighted by molar-refractivity contribution is 5.75. The molecule has 0 atom stereocenters. The van der Waals surface area contributed by atoms with Crippen LogP contribution in [0.4, 0.5) is 4.79 Å². The highest BCUT2D eigenvalue weighted by Crippen LogP contribution is 2.39. The number of nitrogens with zero attached hydrogens (tertiary/aromatic N) is 3. The lowest BCUT2D eigenvalue weighted by Gasteiger charge is -2.38. The van der Waals surface area contributed by atoms with Gasteiger partial charge in [-0.2, -0.15) is 4.98 Å². The number of aromatic nitrogens is 2. The maximum absolute atomic E-state index is 11.9. The zero-order valence-electron chi connectivity index (χ0n) is 15.1. The Morgan fingerprint density at radius 3 is 2.69 bits per heavy atom. The first-order chi connectivity index (χ1) is 12.6. The summed E-state index contributed by atoms with van der Waals surface area (Å²) in [6.07, 6.45) is 2.32. The number of carbonyl (C=O) groups excluding carboxylic acids is 1. The Morgan fingerprint density at radius 2 is 2.04 bits per heavy atom. The topological polar surface area (TPSA) is 80.5 Å². The zero-order valence-corrected chi connectivity index (χ0v) is 15.1. The van der Waals surface area contributed by atoms with Crippen molar-refractivity contribution in [3.05, 3.63) is 30.2 Å². The molecule has 2 fully saturated rings. The third kappa shape index (κ3) is 3.81. The van der Waals surface area contributed by atoms with Crippen LogP contribution in [0.25, 0.3) is 11.4 Å². The molecule has 26 heavy (non-hydrogen) atoms. The van der Waals surface area contributed by atoms with Crippen LogP contribution in [0.3, 0.4) is 0 Å². The monoisotopic (exact) mass is 356 g/mol. The van der Waals surface area contributed by atoms with E-state index < -0.39 is 0 Å². The SMILES string of the molecule is CC(C)CNC(=O)N1CC(Oc2ccc(-c3noc(C4CC4)n3)cc2)C1. The lowest BCUT2D eigenvalue weighted by Crippen LogP contribution is -2.59. The van der Waals surface area contributed by atoms with E-state index in [9.17, 15) is 4.79 Å². The molecular formula is C19H24N4O3. The van der Waals surface area contributed by atoms with Crippen molar-refractivity contribution in [2.24, 2.45) is 5.92 Å². The van der Waals surface area contributed by atoms with Gasteiger partial charge in [0.05, 0.1) is 13.1 Å². The Kier molecular flexibility index (Phi) is 4.53. The van der Waals surface area contributed by atoms with E-state index in [2.05, 4.69) is 29.3 Å². The van der Waals surface area contributed by atoms with Crippen LogP contribution in [0, 0.1) is 5.92 Å². The number of rotatable bonds is 6. The molecule has 1 saturated heterocycles. The molecule has 0 radical (unpaired) electrons. The van der Waals surface area contributed by atoms with Crippen molar-refractivity contribution in [2.75, 3.05) is 19.6 Å². The molecule has 0 bridgehead atoms. The zero-order chi connectivity index (χ0) is 18.1. The molecule has 2 aromatic rings. The summed E-state index contributed by atoms with van der Waals surface area (Å²) >= 11 is 0. The summed E-state index contributed by atoms with van der Waals surface area (Å²) in [5.41, 5.74) is 0.913. The summed E-state index contributed by atoms with van der Waals surface area (Å²) in [6.45, 7) is 6.07. The van der Waals surface area contributed by atoms with Gasteiger partial charge in [0.25, 0.3) is 0 Å². The summed E-state index contributed by atoms with van der Waals surface area (Å²) in [5, 5.41) is 6.96. The van der Waals surface area contributed by atoms with E-state index in [1.165, 1.54) is 0 Å². The Hall–Kier alpha value is -2.57. The quantitative estimate of drug-likeness (QED) is 0.860. The highest BCUT2D eigenvalue weighted by Gasteiger charge is 2.32. The van der Waals surface area contributed by atoms with Crippen molar-refractivity contribution in [3.8, 4) is 17.1 Å². The number of urea groups is 1. The van der Waals surface area contributed by atoms with Gasteiger partial charge in [-0.15, -0.1) is 0 Å². The molecule has 1 saturated carbocycles. The minimum Gasteiger partial charge on any atom is -0.487 e. The van der Waals surface area contributed by atoms with Crippen LogP contribution in [0.1, 0.15) is 38.5 Å². The van der Waals surface area contributed by atoms with E-state index >= 15 is 0 Å². The predicted molar refractivity (Wildman–Crippen MR) is 95.9 cm³/mol. The van der Waals surface area contributed by atoms with Crippen LogP contribution in [-0.2, 0) is 0 Å². The maximum Gasteiger partial charge on any atom is 0.317 e. The fourth-order valence-corrected chi connectivity index (χ4v) is 2.81. The molecule has 4 rings (SSSR count). The smallest absolute Gasteiger partial charge is 0.317 e. The van der Waals surface area contributed by atoms with Crippen LogP contribution < -0.4 is 10.1 Å². The molecule has 7 heteroatoms. The normalized spacial score (nSPS) is 17.3.